The number of hydrogen-bond acceptors (Lipinski definition) is 5. The first-order valence-corrected chi connectivity index (χ1v) is 6.75. The highest BCUT2D eigenvalue weighted by Gasteiger charge is 2.21. The minimum absolute atomic E-state index is 0.232. The highest BCUT2D eigenvalue weighted by atomic mass is 35.5. The SMILES string of the molecule is CC1CCC(CNc2nc(Cl)nc(N(C)C)n2)C1. The van der Waals surface area contributed by atoms with Gasteiger partial charge in [0.2, 0.25) is 17.2 Å². The maximum atomic E-state index is 5.88. The Balaban J connectivity index is 1.96. The fraction of sp³-hybridized carbons (Fsp3) is 0.750. The quantitative estimate of drug-likeness (QED) is 0.910. The molecule has 0 saturated heterocycles. The maximum absolute atomic E-state index is 5.88. The minimum Gasteiger partial charge on any atom is -0.354 e. The number of nitrogens with zero attached hydrogens (tertiary/aromatic N) is 4. The molecule has 5 nitrogen and oxygen atoms in total. The van der Waals surface area contributed by atoms with Crippen LogP contribution in [0.4, 0.5) is 11.9 Å². The molecular formula is C12H20ClN5. The first-order valence-electron chi connectivity index (χ1n) is 6.37. The van der Waals surface area contributed by atoms with Crippen LogP contribution in [0.5, 0.6) is 0 Å². The molecule has 1 aliphatic rings. The first-order chi connectivity index (χ1) is 8.54. The summed E-state index contributed by atoms with van der Waals surface area (Å²) in [4.78, 5) is 14.3. The molecule has 1 N–H and O–H groups in total. The second-order valence-corrected chi connectivity index (χ2v) is 5.63. The predicted molar refractivity (Wildman–Crippen MR) is 74.2 cm³/mol. The Hall–Kier alpha value is -1.10. The van der Waals surface area contributed by atoms with Gasteiger partial charge in [0.1, 0.15) is 0 Å². The topological polar surface area (TPSA) is 53.9 Å². The van der Waals surface area contributed by atoms with Gasteiger partial charge in [0, 0.05) is 20.6 Å². The summed E-state index contributed by atoms with van der Waals surface area (Å²) in [7, 11) is 3.77. The van der Waals surface area contributed by atoms with Crippen molar-refractivity contribution in [2.24, 2.45) is 11.8 Å². The summed E-state index contributed by atoms with van der Waals surface area (Å²) in [5.41, 5.74) is 0. The van der Waals surface area contributed by atoms with Crippen LogP contribution < -0.4 is 10.2 Å². The van der Waals surface area contributed by atoms with Crippen LogP contribution >= 0.6 is 11.6 Å². The van der Waals surface area contributed by atoms with Crippen molar-refractivity contribution in [2.75, 3.05) is 30.9 Å². The van der Waals surface area contributed by atoms with E-state index in [4.69, 9.17) is 11.6 Å². The standard InChI is InChI=1S/C12H20ClN5/c1-8-4-5-9(6-8)7-14-11-15-10(13)16-12(17-11)18(2)3/h8-9H,4-7H2,1-3H3,(H,14,15,16,17). The third-order valence-corrected chi connectivity index (χ3v) is 3.52. The van der Waals surface area contributed by atoms with Gasteiger partial charge in [0.05, 0.1) is 0 Å². The van der Waals surface area contributed by atoms with Gasteiger partial charge >= 0.3 is 0 Å². The highest BCUT2D eigenvalue weighted by Crippen LogP contribution is 2.30. The van der Waals surface area contributed by atoms with E-state index in [1.165, 1.54) is 19.3 Å². The van der Waals surface area contributed by atoms with Crippen LogP contribution in [0.3, 0.4) is 0 Å². The Bertz CT molecular complexity index is 409. The van der Waals surface area contributed by atoms with Gasteiger partial charge in [0.15, 0.2) is 0 Å². The normalized spacial score (nSPS) is 23.1. The Kier molecular flexibility index (Phi) is 4.22. The smallest absolute Gasteiger partial charge is 0.230 e. The predicted octanol–water partition coefficient (Wildman–Crippen LogP) is 2.44. The van der Waals surface area contributed by atoms with Crippen LogP contribution in [0, 0.1) is 11.8 Å². The minimum atomic E-state index is 0.232. The zero-order valence-corrected chi connectivity index (χ0v) is 11.9. The third-order valence-electron chi connectivity index (χ3n) is 3.35. The van der Waals surface area contributed by atoms with Crippen LogP contribution in [0.15, 0.2) is 0 Å². The van der Waals surface area contributed by atoms with Gasteiger partial charge in [-0.15, -0.1) is 0 Å². The van der Waals surface area contributed by atoms with E-state index in [0.29, 0.717) is 11.9 Å². The van der Waals surface area contributed by atoms with Crippen molar-refractivity contribution in [3.8, 4) is 0 Å². The summed E-state index contributed by atoms with van der Waals surface area (Å²) in [5.74, 6) is 2.71. The van der Waals surface area contributed by atoms with Crippen molar-refractivity contribution >= 4 is 23.5 Å². The van der Waals surface area contributed by atoms with E-state index in [1.54, 1.807) is 0 Å². The number of rotatable bonds is 4. The van der Waals surface area contributed by atoms with Gasteiger partial charge in [-0.2, -0.15) is 15.0 Å². The van der Waals surface area contributed by atoms with Crippen molar-refractivity contribution in [3.63, 3.8) is 0 Å². The Morgan fingerprint density at radius 2 is 2.06 bits per heavy atom. The van der Waals surface area contributed by atoms with Crippen LogP contribution in [0.25, 0.3) is 0 Å². The van der Waals surface area contributed by atoms with Crippen molar-refractivity contribution < 1.29 is 0 Å². The summed E-state index contributed by atoms with van der Waals surface area (Å²) in [5, 5.41) is 3.50. The molecule has 0 spiro atoms. The highest BCUT2D eigenvalue weighted by molar-refractivity contribution is 6.28. The molecule has 0 aliphatic heterocycles. The lowest BCUT2D eigenvalue weighted by molar-refractivity contribution is 0.536. The average Bonchev–Trinajstić information content (AvgIpc) is 2.72. The summed E-state index contributed by atoms with van der Waals surface area (Å²) in [6, 6.07) is 0. The summed E-state index contributed by atoms with van der Waals surface area (Å²) in [6.07, 6.45) is 3.90. The number of halogens is 1. The molecule has 2 rings (SSSR count). The molecule has 0 aromatic carbocycles. The molecule has 6 heteroatoms. The zero-order chi connectivity index (χ0) is 13.1. The summed E-state index contributed by atoms with van der Waals surface area (Å²) < 4.78 is 0. The average molecular weight is 270 g/mol. The number of hydrogen-bond donors (Lipinski definition) is 1. The van der Waals surface area contributed by atoms with Gasteiger partial charge in [-0.3, -0.25) is 0 Å². The van der Waals surface area contributed by atoms with Gasteiger partial charge in [-0.1, -0.05) is 13.3 Å². The monoisotopic (exact) mass is 269 g/mol. The fourth-order valence-electron chi connectivity index (χ4n) is 2.36. The number of anilines is 2. The Morgan fingerprint density at radius 1 is 1.28 bits per heavy atom. The molecule has 1 aromatic rings. The lowest BCUT2D eigenvalue weighted by Crippen LogP contribution is -2.17. The summed E-state index contributed by atoms with van der Waals surface area (Å²) in [6.45, 7) is 3.22. The summed E-state index contributed by atoms with van der Waals surface area (Å²) >= 11 is 5.88. The van der Waals surface area contributed by atoms with E-state index >= 15 is 0 Å². The zero-order valence-electron chi connectivity index (χ0n) is 11.1. The molecule has 2 atom stereocenters. The van der Waals surface area contributed by atoms with Gasteiger partial charge in [-0.25, -0.2) is 0 Å². The van der Waals surface area contributed by atoms with E-state index in [0.717, 1.165) is 18.4 Å². The van der Waals surface area contributed by atoms with Gasteiger partial charge < -0.3 is 10.2 Å². The van der Waals surface area contributed by atoms with E-state index in [-0.39, 0.29) is 5.28 Å². The van der Waals surface area contributed by atoms with Gasteiger partial charge in [0.25, 0.3) is 0 Å². The van der Waals surface area contributed by atoms with Crippen LogP contribution in [0.1, 0.15) is 26.2 Å². The van der Waals surface area contributed by atoms with Crippen molar-refractivity contribution in [3.05, 3.63) is 5.28 Å². The third kappa shape index (κ3) is 3.45. The molecule has 1 saturated carbocycles. The number of aromatic nitrogens is 3. The molecule has 0 amide bonds. The molecule has 1 aromatic heterocycles. The molecule has 1 aliphatic carbocycles. The lowest BCUT2D eigenvalue weighted by Gasteiger charge is -2.14. The van der Waals surface area contributed by atoms with E-state index in [2.05, 4.69) is 27.2 Å². The van der Waals surface area contributed by atoms with Crippen molar-refractivity contribution in [1.82, 2.24) is 15.0 Å². The molecular weight excluding hydrogens is 250 g/mol. The van der Waals surface area contributed by atoms with E-state index in [9.17, 15) is 0 Å². The molecule has 0 radical (unpaired) electrons. The Labute approximate surface area is 113 Å². The van der Waals surface area contributed by atoms with Crippen LogP contribution in [-0.4, -0.2) is 35.6 Å². The van der Waals surface area contributed by atoms with Crippen molar-refractivity contribution in [1.29, 1.82) is 0 Å². The molecule has 1 heterocycles. The van der Waals surface area contributed by atoms with E-state index in [1.807, 2.05) is 19.0 Å². The van der Waals surface area contributed by atoms with Crippen molar-refractivity contribution in [2.45, 2.75) is 26.2 Å². The second kappa shape index (κ2) is 5.69. The molecule has 18 heavy (non-hydrogen) atoms. The second-order valence-electron chi connectivity index (χ2n) is 5.29. The van der Waals surface area contributed by atoms with Crippen LogP contribution in [0.2, 0.25) is 5.28 Å². The first kappa shape index (κ1) is 13.3. The molecule has 100 valence electrons. The van der Waals surface area contributed by atoms with Gasteiger partial charge in [-0.05, 0) is 36.3 Å². The fourth-order valence-corrected chi connectivity index (χ4v) is 2.52. The maximum Gasteiger partial charge on any atom is 0.230 e. The largest absolute Gasteiger partial charge is 0.354 e. The number of nitrogens with one attached hydrogen (secondary N) is 1. The van der Waals surface area contributed by atoms with E-state index < -0.39 is 0 Å². The Morgan fingerprint density at radius 3 is 2.67 bits per heavy atom. The van der Waals surface area contributed by atoms with Crippen LogP contribution in [-0.2, 0) is 0 Å². The molecule has 0 bridgehead atoms. The molecule has 1 fully saturated rings. The lowest BCUT2D eigenvalue weighted by atomic mass is 10.1. The molecule has 2 unspecified atom stereocenters.